The first-order valence-corrected chi connectivity index (χ1v) is 16.3. The number of Topliss-reactive ketones (excluding diaryl/α,β-unsaturated/α-hetero) is 1. The van der Waals surface area contributed by atoms with E-state index in [2.05, 4.69) is 46.0 Å². The van der Waals surface area contributed by atoms with E-state index in [9.17, 15) is 19.6 Å². The Morgan fingerprint density at radius 3 is 2.30 bits per heavy atom. The average Bonchev–Trinajstić information content (AvgIpc) is 2.93. The van der Waals surface area contributed by atoms with Crippen LogP contribution in [0.25, 0.3) is 0 Å². The smallest absolute Gasteiger partial charge is 0.224 e. The fourth-order valence-electron chi connectivity index (χ4n) is 11.0. The largest absolute Gasteiger partial charge is 0.350 e. The summed E-state index contributed by atoms with van der Waals surface area (Å²) < 4.78 is 0. The molecule has 1 N–H and O–H groups in total. The summed E-state index contributed by atoms with van der Waals surface area (Å²) >= 11 is 0. The predicted octanol–water partition coefficient (Wildman–Crippen LogP) is 7.32. The van der Waals surface area contributed by atoms with E-state index in [-0.39, 0.29) is 57.0 Å². The maximum atomic E-state index is 14.7. The van der Waals surface area contributed by atoms with E-state index in [0.29, 0.717) is 6.42 Å². The number of carbonyl (C=O) groups is 3. The van der Waals surface area contributed by atoms with E-state index in [1.807, 2.05) is 56.3 Å². The SMILES string of the molecule is CC1(C)CC[C@@]2(NC(=O)Cc3ccccc3)CC[C@]3(C)[C@H](C(=O)C=C4[C@]5(C)C=C(C#N)C(=O)C(C)(C)[C@@H]5CC[C@@]43C)[C@@H]2C1. The van der Waals surface area contributed by atoms with Crippen LogP contribution in [0.2, 0.25) is 0 Å². The van der Waals surface area contributed by atoms with Crippen molar-refractivity contribution in [3.05, 3.63) is 59.2 Å². The van der Waals surface area contributed by atoms with Crippen molar-refractivity contribution >= 4 is 17.5 Å². The summed E-state index contributed by atoms with van der Waals surface area (Å²) in [5.41, 5.74) is 0.282. The summed E-state index contributed by atoms with van der Waals surface area (Å²) in [6, 6.07) is 12.1. The van der Waals surface area contributed by atoms with E-state index in [1.54, 1.807) is 0 Å². The van der Waals surface area contributed by atoms with Crippen molar-refractivity contribution in [3.8, 4) is 6.07 Å². The van der Waals surface area contributed by atoms with Crippen molar-refractivity contribution in [2.75, 3.05) is 0 Å². The van der Waals surface area contributed by atoms with Gasteiger partial charge in [-0.05, 0) is 84.7 Å². The van der Waals surface area contributed by atoms with Crippen LogP contribution in [-0.2, 0) is 20.8 Å². The Morgan fingerprint density at radius 1 is 0.953 bits per heavy atom. The Hall–Kier alpha value is -3.00. The minimum Gasteiger partial charge on any atom is -0.350 e. The number of fused-ring (bicyclic) bond motifs is 7. The van der Waals surface area contributed by atoms with Gasteiger partial charge in [-0.15, -0.1) is 0 Å². The molecule has 3 fully saturated rings. The van der Waals surface area contributed by atoms with Crippen LogP contribution >= 0.6 is 0 Å². The van der Waals surface area contributed by atoms with Gasteiger partial charge in [0.05, 0.1) is 12.0 Å². The van der Waals surface area contributed by atoms with Gasteiger partial charge in [-0.2, -0.15) is 5.26 Å². The second-order valence-electron chi connectivity index (χ2n) is 16.6. The second kappa shape index (κ2) is 9.50. The molecule has 0 bridgehead atoms. The van der Waals surface area contributed by atoms with Crippen LogP contribution in [0.15, 0.2) is 53.6 Å². The predicted molar refractivity (Wildman–Crippen MR) is 167 cm³/mol. The third-order valence-electron chi connectivity index (χ3n) is 13.5. The molecule has 0 heterocycles. The number of nitrogens with zero attached hydrogens (tertiary/aromatic N) is 1. The zero-order valence-corrected chi connectivity index (χ0v) is 27.1. The zero-order chi connectivity index (χ0) is 31.2. The van der Waals surface area contributed by atoms with Crippen molar-refractivity contribution in [3.63, 3.8) is 0 Å². The highest BCUT2D eigenvalue weighted by molar-refractivity contribution is 6.04. The lowest BCUT2D eigenvalue weighted by molar-refractivity contribution is -0.164. The molecule has 228 valence electrons. The number of amides is 1. The summed E-state index contributed by atoms with van der Waals surface area (Å²) in [4.78, 5) is 41.6. The molecule has 5 aliphatic rings. The number of allylic oxidation sites excluding steroid dienone is 4. The third-order valence-corrected chi connectivity index (χ3v) is 13.5. The van der Waals surface area contributed by atoms with Crippen LogP contribution in [0.1, 0.15) is 99.0 Å². The van der Waals surface area contributed by atoms with Gasteiger partial charge < -0.3 is 5.32 Å². The molecule has 5 heteroatoms. The van der Waals surface area contributed by atoms with Gasteiger partial charge in [-0.1, -0.05) is 90.4 Å². The highest BCUT2D eigenvalue weighted by Gasteiger charge is 2.70. The summed E-state index contributed by atoms with van der Waals surface area (Å²) in [7, 11) is 0. The molecular formula is C38H48N2O3. The van der Waals surface area contributed by atoms with Crippen LogP contribution in [0.3, 0.4) is 0 Å². The fraction of sp³-hybridized carbons (Fsp3) is 0.632. The molecule has 3 saturated carbocycles. The van der Waals surface area contributed by atoms with Gasteiger partial charge >= 0.3 is 0 Å². The second-order valence-corrected chi connectivity index (χ2v) is 16.6. The van der Waals surface area contributed by atoms with Crippen LogP contribution in [0.4, 0.5) is 0 Å². The van der Waals surface area contributed by atoms with Crippen LogP contribution in [0, 0.1) is 56.2 Å². The van der Waals surface area contributed by atoms with Gasteiger partial charge in [0.25, 0.3) is 0 Å². The number of carbonyl (C=O) groups excluding carboxylic acids is 3. The third kappa shape index (κ3) is 4.18. The Labute approximate surface area is 257 Å². The van der Waals surface area contributed by atoms with E-state index in [4.69, 9.17) is 0 Å². The number of ketones is 2. The molecule has 43 heavy (non-hydrogen) atoms. The zero-order valence-electron chi connectivity index (χ0n) is 27.1. The highest BCUT2D eigenvalue weighted by Crippen LogP contribution is 2.73. The number of nitriles is 1. The Morgan fingerprint density at radius 2 is 1.63 bits per heavy atom. The van der Waals surface area contributed by atoms with E-state index in [0.717, 1.165) is 56.1 Å². The first kappa shape index (κ1) is 30.0. The summed E-state index contributed by atoms with van der Waals surface area (Å²) in [5.74, 6) is 0.0295. The quantitative estimate of drug-likeness (QED) is 0.406. The number of benzene rings is 1. The number of nitrogens with one attached hydrogen (secondary N) is 1. The standard InChI is InChI=1S/C38H48N2O3/c1-33(2)15-17-38(40-30(42)19-24-11-9-8-10-12-24)18-16-37(7)31(26(38)22-33)27(41)20-29-35(5)21-25(23-39)32(43)34(3,4)28(35)13-14-36(29,37)6/h8-12,20-21,26,28,31H,13-19,22H2,1-7H3,(H,40,42)/t26-,28-,31-,35+,36-,37+,38+/m0/s1. The van der Waals surface area contributed by atoms with Gasteiger partial charge in [0, 0.05) is 22.3 Å². The lowest BCUT2D eigenvalue weighted by atomic mass is 9.35. The molecule has 0 aromatic heterocycles. The van der Waals surface area contributed by atoms with Crippen molar-refractivity contribution in [1.29, 1.82) is 5.26 Å². The number of hydrogen-bond acceptors (Lipinski definition) is 4. The lowest BCUT2D eigenvalue weighted by Crippen LogP contribution is -2.69. The van der Waals surface area contributed by atoms with E-state index in [1.165, 1.54) is 0 Å². The average molecular weight is 581 g/mol. The molecular weight excluding hydrogens is 532 g/mol. The van der Waals surface area contributed by atoms with Gasteiger partial charge in [0.15, 0.2) is 11.6 Å². The van der Waals surface area contributed by atoms with Gasteiger partial charge in [0.2, 0.25) is 5.91 Å². The fourth-order valence-corrected chi connectivity index (χ4v) is 11.0. The monoisotopic (exact) mass is 580 g/mol. The molecule has 1 aromatic carbocycles. The molecule has 0 radical (unpaired) electrons. The minimum absolute atomic E-state index is 0.0328. The lowest BCUT2D eigenvalue weighted by Gasteiger charge is -2.69. The van der Waals surface area contributed by atoms with E-state index >= 15 is 0 Å². The van der Waals surface area contributed by atoms with Crippen LogP contribution in [-0.4, -0.2) is 23.0 Å². The van der Waals surface area contributed by atoms with Crippen LogP contribution in [0.5, 0.6) is 0 Å². The highest BCUT2D eigenvalue weighted by atomic mass is 16.2. The summed E-state index contributed by atoms with van der Waals surface area (Å²) in [5, 5.41) is 13.5. The molecule has 1 aromatic rings. The summed E-state index contributed by atoms with van der Waals surface area (Å²) in [6.45, 7) is 15.5. The Kier molecular flexibility index (Phi) is 6.64. The Bertz CT molecular complexity index is 1490. The number of rotatable bonds is 3. The molecule has 1 amide bonds. The molecule has 0 saturated heterocycles. The maximum absolute atomic E-state index is 14.7. The molecule has 0 spiro atoms. The molecule has 5 aliphatic carbocycles. The van der Waals surface area contributed by atoms with Crippen molar-refractivity contribution < 1.29 is 14.4 Å². The van der Waals surface area contributed by atoms with E-state index < -0.39 is 16.4 Å². The van der Waals surface area contributed by atoms with Crippen molar-refractivity contribution in [1.82, 2.24) is 5.32 Å². The minimum atomic E-state index is -0.671. The normalized spacial score (nSPS) is 40.8. The van der Waals surface area contributed by atoms with Gasteiger partial charge in [0.1, 0.15) is 6.07 Å². The molecule has 7 atom stereocenters. The maximum Gasteiger partial charge on any atom is 0.224 e. The molecule has 0 unspecified atom stereocenters. The molecule has 0 aliphatic heterocycles. The number of hydrogen-bond donors (Lipinski definition) is 1. The van der Waals surface area contributed by atoms with Gasteiger partial charge in [-0.25, -0.2) is 0 Å². The topological polar surface area (TPSA) is 87.0 Å². The first-order valence-electron chi connectivity index (χ1n) is 16.3. The van der Waals surface area contributed by atoms with Crippen molar-refractivity contribution in [2.45, 2.75) is 105 Å². The van der Waals surface area contributed by atoms with Crippen molar-refractivity contribution in [2.24, 2.45) is 44.8 Å². The molecule has 5 nitrogen and oxygen atoms in total. The van der Waals surface area contributed by atoms with Crippen LogP contribution < -0.4 is 5.32 Å². The summed E-state index contributed by atoms with van der Waals surface area (Å²) in [6.07, 6.45) is 10.5. The Balaban J connectivity index is 1.43. The van der Waals surface area contributed by atoms with Gasteiger partial charge in [-0.3, -0.25) is 14.4 Å². The first-order chi connectivity index (χ1) is 20.0. The molecule has 6 rings (SSSR count).